The first kappa shape index (κ1) is 17.6. The van der Waals surface area contributed by atoms with Crippen LogP contribution in [-0.2, 0) is 21.1 Å². The van der Waals surface area contributed by atoms with Crippen molar-refractivity contribution >= 4 is 15.8 Å². The smallest absolute Gasteiger partial charge is 0.321 e. The highest BCUT2D eigenvalue weighted by molar-refractivity contribution is 7.91. The summed E-state index contributed by atoms with van der Waals surface area (Å²) in [6.07, 6.45) is 0.283. The van der Waals surface area contributed by atoms with Gasteiger partial charge in [0.2, 0.25) is 0 Å². The van der Waals surface area contributed by atoms with Gasteiger partial charge in [-0.2, -0.15) is 0 Å². The Kier molecular flexibility index (Phi) is 4.92. The molecule has 0 aromatic heterocycles. The van der Waals surface area contributed by atoms with Crippen molar-refractivity contribution < 1.29 is 18.3 Å². The van der Waals surface area contributed by atoms with E-state index in [1.165, 1.54) is 0 Å². The topological polar surface area (TPSA) is 83.5 Å². The molecule has 0 bridgehead atoms. The number of benzene rings is 2. The van der Waals surface area contributed by atoms with Crippen molar-refractivity contribution in [3.63, 3.8) is 0 Å². The molecule has 0 saturated carbocycles. The van der Waals surface area contributed by atoms with Crippen molar-refractivity contribution in [3.8, 4) is 0 Å². The third-order valence-corrected chi connectivity index (χ3v) is 6.70. The third kappa shape index (κ3) is 3.75. The minimum Gasteiger partial charge on any atom is -0.480 e. The number of rotatable bonds is 5. The fourth-order valence-electron chi connectivity index (χ4n) is 3.31. The minimum atomic E-state index is -3.59. The lowest BCUT2D eigenvalue weighted by Crippen LogP contribution is -2.47. The van der Waals surface area contributed by atoms with Crippen LogP contribution in [0.3, 0.4) is 0 Å². The van der Waals surface area contributed by atoms with Gasteiger partial charge in [0, 0.05) is 0 Å². The molecule has 25 heavy (non-hydrogen) atoms. The van der Waals surface area contributed by atoms with E-state index in [0.29, 0.717) is 5.56 Å². The molecule has 2 N–H and O–H groups in total. The summed E-state index contributed by atoms with van der Waals surface area (Å²) in [7, 11) is -3.59. The highest BCUT2D eigenvalue weighted by atomic mass is 32.2. The molecule has 6 heteroatoms. The van der Waals surface area contributed by atoms with Gasteiger partial charge in [-0.05, 0) is 29.0 Å². The number of fused-ring (bicyclic) bond motifs is 1. The normalized spacial score (nSPS) is 21.3. The van der Waals surface area contributed by atoms with E-state index in [9.17, 15) is 18.3 Å². The fourth-order valence-corrected chi connectivity index (χ4v) is 5.38. The molecule has 132 valence electrons. The van der Waals surface area contributed by atoms with Crippen molar-refractivity contribution in [3.05, 3.63) is 71.3 Å². The number of aliphatic carboxylic acids is 1. The molecule has 0 aliphatic carbocycles. The number of hydrogen-bond acceptors (Lipinski definition) is 4. The zero-order valence-electron chi connectivity index (χ0n) is 13.9. The van der Waals surface area contributed by atoms with Gasteiger partial charge in [-0.1, -0.05) is 61.5 Å². The zero-order chi connectivity index (χ0) is 18.0. The van der Waals surface area contributed by atoms with Crippen LogP contribution < -0.4 is 5.32 Å². The molecule has 0 fully saturated rings. The second kappa shape index (κ2) is 6.98. The maximum absolute atomic E-state index is 13.0. The molecule has 2 aromatic carbocycles. The van der Waals surface area contributed by atoms with Crippen molar-refractivity contribution in [1.82, 2.24) is 5.32 Å². The molecule has 3 atom stereocenters. The Labute approximate surface area is 147 Å². The Hall–Kier alpha value is -2.18. The van der Waals surface area contributed by atoms with E-state index in [2.05, 4.69) is 5.32 Å². The van der Waals surface area contributed by atoms with Crippen molar-refractivity contribution in [2.45, 2.75) is 30.7 Å². The monoisotopic (exact) mass is 359 g/mol. The van der Waals surface area contributed by atoms with Gasteiger partial charge in [0.05, 0.1) is 5.75 Å². The van der Waals surface area contributed by atoms with Crippen molar-refractivity contribution in [2.75, 3.05) is 5.75 Å². The summed E-state index contributed by atoms with van der Waals surface area (Å²) in [5.41, 5.74) is 2.37. The third-order valence-electron chi connectivity index (χ3n) is 4.62. The molecular formula is C19H21NO4S. The fraction of sp³-hybridized carbons (Fsp3) is 0.316. The summed E-state index contributed by atoms with van der Waals surface area (Å²) in [4.78, 5) is 11.4. The number of carboxylic acids is 1. The van der Waals surface area contributed by atoms with Gasteiger partial charge in [0.25, 0.3) is 0 Å². The second-order valence-corrected chi connectivity index (χ2v) is 8.61. The predicted molar refractivity (Wildman–Crippen MR) is 96.1 cm³/mol. The van der Waals surface area contributed by atoms with Crippen LogP contribution >= 0.6 is 0 Å². The molecule has 3 rings (SSSR count). The Balaban J connectivity index is 1.91. The zero-order valence-corrected chi connectivity index (χ0v) is 14.7. The van der Waals surface area contributed by atoms with Gasteiger partial charge in [-0.25, -0.2) is 8.42 Å². The lowest BCUT2D eigenvalue weighted by Gasteiger charge is -2.31. The van der Waals surface area contributed by atoms with Gasteiger partial charge in [-0.15, -0.1) is 0 Å². The molecule has 5 nitrogen and oxygen atoms in total. The molecule has 0 spiro atoms. The maximum atomic E-state index is 13.0. The Morgan fingerprint density at radius 1 is 1.16 bits per heavy atom. The summed E-state index contributed by atoms with van der Waals surface area (Å²) in [6.45, 7) is 1.87. The Morgan fingerprint density at radius 2 is 1.80 bits per heavy atom. The van der Waals surface area contributed by atoms with Crippen LogP contribution in [0.25, 0.3) is 0 Å². The van der Waals surface area contributed by atoms with E-state index in [0.717, 1.165) is 11.1 Å². The molecule has 1 heterocycles. The lowest BCUT2D eigenvalue weighted by atomic mass is 9.96. The quantitative estimate of drug-likeness (QED) is 0.857. The van der Waals surface area contributed by atoms with Crippen LogP contribution in [0.2, 0.25) is 0 Å². The Morgan fingerprint density at radius 3 is 2.48 bits per heavy atom. The highest BCUT2D eigenvalue weighted by Gasteiger charge is 2.38. The standard InChI is InChI=1S/C19H21NO4S/c1-13(14-7-3-2-4-8-14)12-25(23,24)18-16-10-6-5-9-15(16)11-17(20-18)19(21)22/h2-10,13,17-18,20H,11-12H2,1H3,(H,21,22)/t13?,17-,18?/m1/s1. The summed E-state index contributed by atoms with van der Waals surface area (Å²) < 4.78 is 26.1. The van der Waals surface area contributed by atoms with Crippen LogP contribution in [0.4, 0.5) is 0 Å². The van der Waals surface area contributed by atoms with E-state index in [1.54, 1.807) is 24.3 Å². The molecular weight excluding hydrogens is 338 g/mol. The average molecular weight is 359 g/mol. The van der Waals surface area contributed by atoms with E-state index in [1.807, 2.05) is 37.3 Å². The van der Waals surface area contributed by atoms with Gasteiger partial charge in [0.15, 0.2) is 9.84 Å². The maximum Gasteiger partial charge on any atom is 0.321 e. The van der Waals surface area contributed by atoms with E-state index < -0.39 is 27.2 Å². The number of hydrogen-bond donors (Lipinski definition) is 2. The lowest BCUT2D eigenvalue weighted by molar-refractivity contribution is -0.139. The first-order chi connectivity index (χ1) is 11.9. The minimum absolute atomic E-state index is 0.0463. The Bertz CT molecular complexity index is 864. The largest absolute Gasteiger partial charge is 0.480 e. The molecule has 0 amide bonds. The van der Waals surface area contributed by atoms with E-state index in [4.69, 9.17) is 0 Å². The highest BCUT2D eigenvalue weighted by Crippen LogP contribution is 2.32. The predicted octanol–water partition coefficient (Wildman–Crippen LogP) is 2.50. The van der Waals surface area contributed by atoms with Crippen LogP contribution in [0.1, 0.15) is 34.9 Å². The second-order valence-electron chi connectivity index (χ2n) is 6.48. The number of sulfone groups is 1. The van der Waals surface area contributed by atoms with Crippen molar-refractivity contribution in [2.24, 2.45) is 0 Å². The number of carboxylic acid groups (broad SMARTS) is 1. The van der Waals surface area contributed by atoms with Crippen LogP contribution in [0, 0.1) is 0 Å². The van der Waals surface area contributed by atoms with E-state index >= 15 is 0 Å². The molecule has 1 aliphatic heterocycles. The van der Waals surface area contributed by atoms with E-state index in [-0.39, 0.29) is 18.1 Å². The summed E-state index contributed by atoms with van der Waals surface area (Å²) in [5.74, 6) is -1.26. The molecule has 1 aliphatic rings. The van der Waals surface area contributed by atoms with Crippen molar-refractivity contribution in [1.29, 1.82) is 0 Å². The number of nitrogens with one attached hydrogen (secondary N) is 1. The first-order valence-corrected chi connectivity index (χ1v) is 9.93. The average Bonchev–Trinajstić information content (AvgIpc) is 2.61. The molecule has 0 saturated heterocycles. The van der Waals surface area contributed by atoms with Crippen LogP contribution in [0.15, 0.2) is 54.6 Å². The SMILES string of the molecule is CC(CS(=O)(=O)C1N[C@@H](C(=O)O)Cc2ccccc21)c1ccccc1. The van der Waals surface area contributed by atoms with Gasteiger partial charge in [0.1, 0.15) is 11.4 Å². The van der Waals surface area contributed by atoms with Crippen LogP contribution in [-0.4, -0.2) is 31.3 Å². The van der Waals surface area contributed by atoms with Gasteiger partial charge < -0.3 is 5.11 Å². The molecule has 0 radical (unpaired) electrons. The van der Waals surface area contributed by atoms with Gasteiger partial charge in [-0.3, -0.25) is 10.1 Å². The molecule has 2 unspecified atom stereocenters. The molecule has 2 aromatic rings. The summed E-state index contributed by atoms with van der Waals surface area (Å²) >= 11 is 0. The summed E-state index contributed by atoms with van der Waals surface area (Å²) in [5, 5.41) is 11.2. The number of carbonyl (C=O) groups is 1. The van der Waals surface area contributed by atoms with Gasteiger partial charge >= 0.3 is 5.97 Å². The first-order valence-electron chi connectivity index (χ1n) is 8.21. The summed E-state index contributed by atoms with van der Waals surface area (Å²) in [6, 6.07) is 15.7. The van der Waals surface area contributed by atoms with Crippen LogP contribution in [0.5, 0.6) is 0 Å².